The van der Waals surface area contributed by atoms with Gasteiger partial charge in [-0.2, -0.15) is 16.3 Å². The minimum absolute atomic E-state index is 0.194. The van der Waals surface area contributed by atoms with E-state index in [-0.39, 0.29) is 12.0 Å². The van der Waals surface area contributed by atoms with Gasteiger partial charge in [0.1, 0.15) is 0 Å². The van der Waals surface area contributed by atoms with E-state index in [1.165, 1.54) is 0 Å². The predicted molar refractivity (Wildman–Crippen MR) is 64.1 cm³/mol. The molecular formula is C11H15N3OS. The lowest BCUT2D eigenvalue weighted by molar-refractivity contribution is 0.325. The van der Waals surface area contributed by atoms with Crippen molar-refractivity contribution in [3.63, 3.8) is 0 Å². The van der Waals surface area contributed by atoms with Gasteiger partial charge in [-0.3, -0.25) is 0 Å². The Balaban J connectivity index is 2.30. The molecule has 0 aromatic carbocycles. The zero-order chi connectivity index (χ0) is 11.7. The first-order valence-electron chi connectivity index (χ1n) is 5.22. The van der Waals surface area contributed by atoms with Crippen molar-refractivity contribution >= 4 is 11.3 Å². The molecule has 0 aliphatic carbocycles. The monoisotopic (exact) mass is 237 g/mol. The number of nitrogens with two attached hydrogens (primary N) is 1. The van der Waals surface area contributed by atoms with Gasteiger partial charge in [0.2, 0.25) is 11.7 Å². The van der Waals surface area contributed by atoms with Gasteiger partial charge in [0, 0.05) is 10.9 Å². The van der Waals surface area contributed by atoms with Crippen LogP contribution in [0.1, 0.15) is 31.3 Å². The third-order valence-corrected chi connectivity index (χ3v) is 3.40. The first-order valence-corrected chi connectivity index (χ1v) is 6.16. The summed E-state index contributed by atoms with van der Waals surface area (Å²) in [5.74, 6) is 1.43. The zero-order valence-corrected chi connectivity index (χ0v) is 10.4. The summed E-state index contributed by atoms with van der Waals surface area (Å²) in [5, 5.41) is 8.05. The van der Waals surface area contributed by atoms with E-state index in [2.05, 4.69) is 15.5 Å². The quantitative estimate of drug-likeness (QED) is 0.891. The smallest absolute Gasteiger partial charge is 0.244 e. The van der Waals surface area contributed by atoms with E-state index in [0.717, 1.165) is 11.1 Å². The van der Waals surface area contributed by atoms with Crippen LogP contribution < -0.4 is 5.73 Å². The molecule has 2 rings (SSSR count). The van der Waals surface area contributed by atoms with E-state index >= 15 is 0 Å². The van der Waals surface area contributed by atoms with E-state index in [0.29, 0.717) is 11.7 Å². The molecule has 1 unspecified atom stereocenters. The summed E-state index contributed by atoms with van der Waals surface area (Å²) in [6.07, 6.45) is 0. The third-order valence-electron chi connectivity index (χ3n) is 2.54. The molecule has 0 aliphatic heterocycles. The van der Waals surface area contributed by atoms with E-state index in [9.17, 15) is 0 Å². The first-order chi connectivity index (χ1) is 7.59. The minimum atomic E-state index is -0.194. The molecule has 0 saturated heterocycles. The Hall–Kier alpha value is -1.20. The molecule has 2 aromatic heterocycles. The SMILES string of the molecule is Cc1cscc1-c1noc(C(N)C(C)C)n1. The van der Waals surface area contributed by atoms with Gasteiger partial charge in [0.15, 0.2) is 0 Å². The highest BCUT2D eigenvalue weighted by Crippen LogP contribution is 2.26. The summed E-state index contributed by atoms with van der Waals surface area (Å²) in [5.41, 5.74) is 8.14. The number of rotatable bonds is 3. The first kappa shape index (κ1) is 11.3. The summed E-state index contributed by atoms with van der Waals surface area (Å²) in [7, 11) is 0. The maximum atomic E-state index is 5.95. The topological polar surface area (TPSA) is 64.9 Å². The van der Waals surface area contributed by atoms with Crippen LogP contribution in [0, 0.1) is 12.8 Å². The Morgan fingerprint density at radius 2 is 2.12 bits per heavy atom. The number of hydrogen-bond donors (Lipinski definition) is 1. The lowest BCUT2D eigenvalue weighted by atomic mass is 10.1. The zero-order valence-electron chi connectivity index (χ0n) is 9.60. The van der Waals surface area contributed by atoms with E-state index < -0.39 is 0 Å². The molecule has 0 bridgehead atoms. The van der Waals surface area contributed by atoms with Crippen molar-refractivity contribution in [2.24, 2.45) is 11.7 Å². The van der Waals surface area contributed by atoms with Crippen molar-refractivity contribution in [2.45, 2.75) is 26.8 Å². The van der Waals surface area contributed by atoms with Crippen LogP contribution in [0.2, 0.25) is 0 Å². The van der Waals surface area contributed by atoms with Crippen molar-refractivity contribution in [2.75, 3.05) is 0 Å². The molecule has 5 heteroatoms. The average Bonchev–Trinajstić information content (AvgIpc) is 2.84. The number of aromatic nitrogens is 2. The molecule has 2 aromatic rings. The van der Waals surface area contributed by atoms with Crippen LogP contribution in [0.4, 0.5) is 0 Å². The molecule has 2 N–H and O–H groups in total. The highest BCUT2D eigenvalue weighted by molar-refractivity contribution is 7.08. The lowest BCUT2D eigenvalue weighted by Crippen LogP contribution is -2.16. The second-order valence-corrected chi connectivity index (χ2v) is 4.94. The van der Waals surface area contributed by atoms with Crippen LogP contribution in [0.5, 0.6) is 0 Å². The minimum Gasteiger partial charge on any atom is -0.337 e. The molecule has 0 aliphatic rings. The van der Waals surface area contributed by atoms with Gasteiger partial charge < -0.3 is 10.3 Å². The summed E-state index contributed by atoms with van der Waals surface area (Å²) in [4.78, 5) is 4.34. The Morgan fingerprint density at radius 3 is 2.69 bits per heavy atom. The Labute approximate surface area is 98.5 Å². The summed E-state index contributed by atoms with van der Waals surface area (Å²) < 4.78 is 5.19. The number of thiophene rings is 1. The van der Waals surface area contributed by atoms with E-state index in [1.54, 1.807) is 11.3 Å². The third kappa shape index (κ3) is 2.01. The van der Waals surface area contributed by atoms with Gasteiger partial charge in [-0.25, -0.2) is 0 Å². The normalized spacial score (nSPS) is 13.3. The average molecular weight is 237 g/mol. The molecule has 0 amide bonds. The molecule has 86 valence electrons. The Bertz CT molecular complexity index is 475. The maximum Gasteiger partial charge on any atom is 0.244 e. The second-order valence-electron chi connectivity index (χ2n) is 4.19. The van der Waals surface area contributed by atoms with Gasteiger partial charge in [-0.05, 0) is 23.8 Å². The van der Waals surface area contributed by atoms with Crippen LogP contribution in [0.15, 0.2) is 15.3 Å². The molecule has 1 atom stereocenters. The number of aryl methyl sites for hydroxylation is 1. The van der Waals surface area contributed by atoms with Crippen LogP contribution in [0.3, 0.4) is 0 Å². The molecule has 0 fully saturated rings. The summed E-state index contributed by atoms with van der Waals surface area (Å²) in [6, 6.07) is -0.194. The molecule has 16 heavy (non-hydrogen) atoms. The van der Waals surface area contributed by atoms with Crippen LogP contribution >= 0.6 is 11.3 Å². The van der Waals surface area contributed by atoms with Gasteiger partial charge >= 0.3 is 0 Å². The second kappa shape index (κ2) is 4.35. The highest BCUT2D eigenvalue weighted by atomic mass is 32.1. The van der Waals surface area contributed by atoms with Gasteiger partial charge in [0.25, 0.3) is 0 Å². The summed E-state index contributed by atoms with van der Waals surface area (Å²) >= 11 is 1.63. The van der Waals surface area contributed by atoms with E-state index in [4.69, 9.17) is 10.3 Å². The van der Waals surface area contributed by atoms with Gasteiger partial charge in [-0.15, -0.1) is 0 Å². The Kier molecular flexibility index (Phi) is 3.07. The molecule has 0 spiro atoms. The Morgan fingerprint density at radius 1 is 1.38 bits per heavy atom. The fourth-order valence-electron chi connectivity index (χ4n) is 1.35. The number of hydrogen-bond acceptors (Lipinski definition) is 5. The molecular weight excluding hydrogens is 222 g/mol. The lowest BCUT2D eigenvalue weighted by Gasteiger charge is -2.09. The van der Waals surface area contributed by atoms with Crippen LogP contribution in [-0.2, 0) is 0 Å². The predicted octanol–water partition coefficient (Wildman–Crippen LogP) is 2.76. The highest BCUT2D eigenvalue weighted by Gasteiger charge is 2.19. The van der Waals surface area contributed by atoms with Crippen molar-refractivity contribution in [3.8, 4) is 11.4 Å². The van der Waals surface area contributed by atoms with Crippen molar-refractivity contribution < 1.29 is 4.52 Å². The largest absolute Gasteiger partial charge is 0.337 e. The summed E-state index contributed by atoms with van der Waals surface area (Å²) in [6.45, 7) is 6.10. The van der Waals surface area contributed by atoms with Crippen LogP contribution in [-0.4, -0.2) is 10.1 Å². The molecule has 0 radical (unpaired) electrons. The number of nitrogens with zero attached hydrogens (tertiary/aromatic N) is 2. The molecule has 2 heterocycles. The fraction of sp³-hybridized carbons (Fsp3) is 0.455. The molecule has 0 saturated carbocycles. The van der Waals surface area contributed by atoms with Crippen molar-refractivity contribution in [1.82, 2.24) is 10.1 Å². The maximum absolute atomic E-state index is 5.95. The van der Waals surface area contributed by atoms with Crippen molar-refractivity contribution in [1.29, 1.82) is 0 Å². The van der Waals surface area contributed by atoms with Gasteiger partial charge in [0.05, 0.1) is 6.04 Å². The van der Waals surface area contributed by atoms with Gasteiger partial charge in [-0.1, -0.05) is 19.0 Å². The standard InChI is InChI=1S/C11H15N3OS/c1-6(2)9(12)11-13-10(14-15-11)8-5-16-4-7(8)3/h4-6,9H,12H2,1-3H3. The fourth-order valence-corrected chi connectivity index (χ4v) is 2.18. The molecule has 4 nitrogen and oxygen atoms in total. The van der Waals surface area contributed by atoms with Crippen molar-refractivity contribution in [3.05, 3.63) is 22.2 Å². The van der Waals surface area contributed by atoms with E-state index in [1.807, 2.05) is 26.2 Å². The van der Waals surface area contributed by atoms with Crippen LogP contribution in [0.25, 0.3) is 11.4 Å².